The highest BCUT2D eigenvalue weighted by Gasteiger charge is 2.14. The van der Waals surface area contributed by atoms with E-state index >= 15 is 0 Å². The highest BCUT2D eigenvalue weighted by molar-refractivity contribution is 5.90. The highest BCUT2D eigenvalue weighted by Crippen LogP contribution is 2.25. The van der Waals surface area contributed by atoms with Crippen LogP contribution in [0.25, 0.3) is 10.9 Å². The number of aliphatic hydroxyl groups excluding tert-OH is 1. The zero-order valence-electron chi connectivity index (χ0n) is 13.4. The monoisotopic (exact) mass is 308 g/mol. The molecule has 0 amide bonds. The molecule has 0 saturated carbocycles. The maximum absolute atomic E-state index is 14.0. The molecular weight excluding hydrogens is 283 g/mol. The maximum atomic E-state index is 14.0. The quantitative estimate of drug-likeness (QED) is 0.762. The third-order valence-corrected chi connectivity index (χ3v) is 3.16. The molecule has 2 rings (SSSR count). The summed E-state index contributed by atoms with van der Waals surface area (Å²) in [6, 6.07) is 4.44. The minimum Gasteiger partial charge on any atom is -0.394 e. The summed E-state index contributed by atoms with van der Waals surface area (Å²) in [5.41, 5.74) is 6.10. The number of anilines is 2. The van der Waals surface area contributed by atoms with Gasteiger partial charge in [-0.2, -0.15) is 4.98 Å². The van der Waals surface area contributed by atoms with E-state index in [0.717, 1.165) is 19.3 Å². The molecule has 122 valence electrons. The van der Waals surface area contributed by atoms with Gasteiger partial charge in [-0.15, -0.1) is 0 Å². The average Bonchev–Trinajstić information content (AvgIpc) is 2.52. The van der Waals surface area contributed by atoms with Gasteiger partial charge in [0.1, 0.15) is 11.6 Å². The zero-order valence-corrected chi connectivity index (χ0v) is 13.4. The van der Waals surface area contributed by atoms with Crippen molar-refractivity contribution < 1.29 is 9.50 Å². The normalized spacial score (nSPS) is 11.7. The molecule has 4 N–H and O–H groups in total. The van der Waals surface area contributed by atoms with Gasteiger partial charge >= 0.3 is 0 Å². The number of aromatic nitrogens is 2. The molecule has 0 aliphatic rings. The molecule has 0 aliphatic heterocycles. The Morgan fingerprint density at radius 2 is 2.05 bits per heavy atom. The van der Waals surface area contributed by atoms with Gasteiger partial charge < -0.3 is 16.2 Å². The second-order valence-corrected chi connectivity index (χ2v) is 4.73. The molecular formula is C16H25FN4O. The van der Waals surface area contributed by atoms with E-state index in [0.29, 0.717) is 16.7 Å². The second kappa shape index (κ2) is 9.15. The molecule has 0 saturated heterocycles. The first-order chi connectivity index (χ1) is 10.7. The lowest BCUT2D eigenvalue weighted by atomic mass is 10.1. The fourth-order valence-electron chi connectivity index (χ4n) is 2.12. The Bertz CT molecular complexity index is 592. The summed E-state index contributed by atoms with van der Waals surface area (Å²) in [5, 5.41) is 12.8. The fourth-order valence-corrected chi connectivity index (χ4v) is 2.12. The number of hydrogen-bond donors (Lipinski definition) is 3. The molecule has 0 radical (unpaired) electrons. The predicted molar refractivity (Wildman–Crippen MR) is 89.3 cm³/mol. The van der Waals surface area contributed by atoms with Crippen molar-refractivity contribution in [3.05, 3.63) is 24.0 Å². The van der Waals surface area contributed by atoms with Crippen LogP contribution in [0.2, 0.25) is 0 Å². The van der Waals surface area contributed by atoms with Crippen molar-refractivity contribution in [1.82, 2.24) is 9.97 Å². The topological polar surface area (TPSA) is 84.1 Å². The molecule has 2 aromatic rings. The van der Waals surface area contributed by atoms with Crippen LogP contribution in [0.1, 0.15) is 40.0 Å². The van der Waals surface area contributed by atoms with Gasteiger partial charge in [0.2, 0.25) is 5.95 Å². The van der Waals surface area contributed by atoms with E-state index in [1.54, 1.807) is 12.1 Å². The predicted octanol–water partition coefficient (Wildman–Crippen LogP) is 3.34. The van der Waals surface area contributed by atoms with Gasteiger partial charge in [0, 0.05) is 0 Å². The Hall–Kier alpha value is -1.95. The lowest BCUT2D eigenvalue weighted by Gasteiger charge is -2.18. The number of hydrogen-bond acceptors (Lipinski definition) is 5. The molecule has 1 heterocycles. The Balaban J connectivity index is 0.00000116. The number of nitrogens with one attached hydrogen (secondary N) is 1. The Labute approximate surface area is 130 Å². The minimum atomic E-state index is -0.405. The van der Waals surface area contributed by atoms with Crippen molar-refractivity contribution in [2.45, 2.75) is 46.1 Å². The average molecular weight is 308 g/mol. The molecule has 0 aliphatic carbocycles. The van der Waals surface area contributed by atoms with Crippen LogP contribution in [-0.2, 0) is 0 Å². The number of rotatable bonds is 6. The van der Waals surface area contributed by atoms with Gasteiger partial charge in [0.15, 0.2) is 0 Å². The van der Waals surface area contributed by atoms with E-state index in [1.165, 1.54) is 6.07 Å². The van der Waals surface area contributed by atoms with E-state index in [-0.39, 0.29) is 18.6 Å². The molecule has 5 nitrogen and oxygen atoms in total. The number of benzene rings is 1. The van der Waals surface area contributed by atoms with Crippen molar-refractivity contribution in [1.29, 1.82) is 0 Å². The van der Waals surface area contributed by atoms with Gasteiger partial charge in [0.05, 0.1) is 23.6 Å². The van der Waals surface area contributed by atoms with E-state index in [4.69, 9.17) is 5.73 Å². The SMILES string of the molecule is CC.CCCCC(CO)Nc1nc(N)nc2cccc(F)c12. The molecule has 0 spiro atoms. The van der Waals surface area contributed by atoms with Crippen LogP contribution in [-0.4, -0.2) is 27.7 Å². The van der Waals surface area contributed by atoms with Crippen molar-refractivity contribution in [2.24, 2.45) is 0 Å². The first-order valence-corrected chi connectivity index (χ1v) is 7.74. The molecule has 1 atom stereocenters. The van der Waals surface area contributed by atoms with Crippen LogP contribution in [0.4, 0.5) is 16.2 Å². The zero-order chi connectivity index (χ0) is 16.5. The number of nitrogens with two attached hydrogens (primary N) is 1. The van der Waals surface area contributed by atoms with Crippen LogP contribution in [0, 0.1) is 5.82 Å². The van der Waals surface area contributed by atoms with Crippen molar-refractivity contribution >= 4 is 22.7 Å². The maximum Gasteiger partial charge on any atom is 0.222 e. The number of aliphatic hydroxyl groups is 1. The lowest BCUT2D eigenvalue weighted by molar-refractivity contribution is 0.267. The lowest BCUT2D eigenvalue weighted by Crippen LogP contribution is -2.24. The molecule has 1 unspecified atom stereocenters. The smallest absolute Gasteiger partial charge is 0.222 e. The molecule has 0 bridgehead atoms. The van der Waals surface area contributed by atoms with E-state index in [1.807, 2.05) is 13.8 Å². The van der Waals surface area contributed by atoms with Crippen LogP contribution in [0.15, 0.2) is 18.2 Å². The first kappa shape index (κ1) is 18.1. The van der Waals surface area contributed by atoms with Crippen LogP contribution < -0.4 is 11.1 Å². The summed E-state index contributed by atoms with van der Waals surface area (Å²) in [6.45, 7) is 6.03. The van der Waals surface area contributed by atoms with Crippen LogP contribution in [0.3, 0.4) is 0 Å². The van der Waals surface area contributed by atoms with E-state index in [9.17, 15) is 9.50 Å². The molecule has 6 heteroatoms. The van der Waals surface area contributed by atoms with Gasteiger partial charge in [0.25, 0.3) is 0 Å². The summed E-state index contributed by atoms with van der Waals surface area (Å²) in [7, 11) is 0. The van der Waals surface area contributed by atoms with Gasteiger partial charge in [-0.3, -0.25) is 0 Å². The first-order valence-electron chi connectivity index (χ1n) is 7.74. The van der Waals surface area contributed by atoms with E-state index < -0.39 is 5.82 Å². The van der Waals surface area contributed by atoms with Gasteiger partial charge in [-0.05, 0) is 18.6 Å². The Kier molecular flexibility index (Phi) is 7.52. The number of nitrogens with zero attached hydrogens (tertiary/aromatic N) is 2. The fraction of sp³-hybridized carbons (Fsp3) is 0.500. The summed E-state index contributed by atoms with van der Waals surface area (Å²) in [5.74, 6) is 0.00992. The highest BCUT2D eigenvalue weighted by atomic mass is 19.1. The van der Waals surface area contributed by atoms with Gasteiger partial charge in [-0.1, -0.05) is 39.7 Å². The van der Waals surface area contributed by atoms with Crippen molar-refractivity contribution in [3.63, 3.8) is 0 Å². The number of fused-ring (bicyclic) bond motifs is 1. The standard InChI is InChI=1S/C14H19FN4O.C2H6/c1-2-3-5-9(8-20)17-13-12-10(15)6-4-7-11(12)18-14(16)19-13;1-2/h4,6-7,9,20H,2-3,5,8H2,1H3,(H3,16,17,18,19);1-2H3. The van der Waals surface area contributed by atoms with Crippen LogP contribution >= 0.6 is 0 Å². The molecule has 0 fully saturated rings. The molecule has 1 aromatic carbocycles. The number of unbranched alkanes of at least 4 members (excludes halogenated alkanes) is 1. The number of halogens is 1. The van der Waals surface area contributed by atoms with Gasteiger partial charge in [-0.25, -0.2) is 9.37 Å². The van der Waals surface area contributed by atoms with Crippen molar-refractivity contribution in [2.75, 3.05) is 17.7 Å². The number of nitrogen functional groups attached to an aromatic ring is 1. The summed E-state index contributed by atoms with van der Waals surface area (Å²) in [4.78, 5) is 8.08. The third-order valence-electron chi connectivity index (χ3n) is 3.16. The molecule has 1 aromatic heterocycles. The minimum absolute atomic E-state index is 0.0418. The summed E-state index contributed by atoms with van der Waals surface area (Å²) in [6.07, 6.45) is 2.78. The largest absolute Gasteiger partial charge is 0.394 e. The Morgan fingerprint density at radius 3 is 2.68 bits per heavy atom. The molecule has 22 heavy (non-hydrogen) atoms. The summed E-state index contributed by atoms with van der Waals surface area (Å²) < 4.78 is 14.0. The second-order valence-electron chi connectivity index (χ2n) is 4.73. The Morgan fingerprint density at radius 1 is 1.32 bits per heavy atom. The summed E-state index contributed by atoms with van der Waals surface area (Å²) >= 11 is 0. The van der Waals surface area contributed by atoms with Crippen molar-refractivity contribution in [3.8, 4) is 0 Å². The van der Waals surface area contributed by atoms with E-state index in [2.05, 4.69) is 22.2 Å². The van der Waals surface area contributed by atoms with Crippen LogP contribution in [0.5, 0.6) is 0 Å². The third kappa shape index (κ3) is 4.53.